The van der Waals surface area contributed by atoms with Crippen molar-refractivity contribution in [2.45, 2.75) is 71.1 Å². The van der Waals surface area contributed by atoms with Crippen LogP contribution in [0.3, 0.4) is 0 Å². The number of aromatic nitrogens is 2. The van der Waals surface area contributed by atoms with E-state index in [0.29, 0.717) is 0 Å². The first kappa shape index (κ1) is 21.6. The molecule has 0 unspecified atom stereocenters. The third kappa shape index (κ3) is 3.48. The van der Waals surface area contributed by atoms with E-state index in [-0.39, 0.29) is 17.3 Å². The molecule has 0 atom stereocenters. The van der Waals surface area contributed by atoms with E-state index in [2.05, 4.69) is 35.9 Å². The number of rotatable bonds is 5. The first-order valence-electron chi connectivity index (χ1n) is 11.9. The minimum Gasteiger partial charge on any atom is -0.477 e. The molecule has 0 bridgehead atoms. The number of carboxylic acids is 2. The Balaban J connectivity index is 1.83. The zero-order valence-electron chi connectivity index (χ0n) is 19.2. The van der Waals surface area contributed by atoms with Gasteiger partial charge in [0.05, 0.1) is 5.92 Å². The van der Waals surface area contributed by atoms with Crippen LogP contribution in [0.5, 0.6) is 0 Å². The molecule has 3 aromatic rings. The van der Waals surface area contributed by atoms with Crippen molar-refractivity contribution in [3.05, 3.63) is 79.9 Å². The first-order valence-corrected chi connectivity index (χ1v) is 11.9. The van der Waals surface area contributed by atoms with Gasteiger partial charge in [0.15, 0.2) is 0 Å². The van der Waals surface area contributed by atoms with E-state index in [1.165, 1.54) is 0 Å². The van der Waals surface area contributed by atoms with E-state index < -0.39 is 11.9 Å². The summed E-state index contributed by atoms with van der Waals surface area (Å²) in [6, 6.07) is 6.19. The molecule has 172 valence electrons. The van der Waals surface area contributed by atoms with Crippen LogP contribution in [0.1, 0.15) is 103 Å². The maximum atomic E-state index is 12.1. The number of carbonyl (C=O) groups is 2. The summed E-state index contributed by atoms with van der Waals surface area (Å²) in [5.41, 5.74) is 9.78. The quantitative estimate of drug-likeness (QED) is 0.427. The number of fused-ring (bicyclic) bond motifs is 2. The van der Waals surface area contributed by atoms with Gasteiger partial charge in [-0.25, -0.2) is 9.59 Å². The minimum atomic E-state index is -0.931. The summed E-state index contributed by atoms with van der Waals surface area (Å²) in [6.45, 7) is 4.16. The molecule has 0 fully saturated rings. The summed E-state index contributed by atoms with van der Waals surface area (Å²) < 4.78 is 0. The highest BCUT2D eigenvalue weighted by molar-refractivity contribution is 5.89. The van der Waals surface area contributed by atoms with Crippen LogP contribution in [0.15, 0.2) is 18.2 Å². The number of benzene rings is 1. The average Bonchev–Trinajstić information content (AvgIpc) is 3.36. The zero-order valence-corrected chi connectivity index (χ0v) is 19.2. The van der Waals surface area contributed by atoms with E-state index in [9.17, 15) is 19.8 Å². The standard InChI is InChI=1S/C27H30N2O4/c1-14-8-7-9-15(2)20(14)21(22-16-10-3-5-12-18(16)24(28-22)26(30)31)23-17-11-4-6-13-19(17)25(29-23)27(32)33/h7-9,21,28-29H,3-6,10-13H2,1-2H3,(H,30,31)(H,32,33). The highest BCUT2D eigenvalue weighted by Gasteiger charge is 2.35. The Labute approximate surface area is 193 Å². The molecule has 0 aliphatic heterocycles. The topological polar surface area (TPSA) is 106 Å². The third-order valence-corrected chi connectivity index (χ3v) is 7.54. The zero-order chi connectivity index (χ0) is 23.3. The van der Waals surface area contributed by atoms with Crippen molar-refractivity contribution in [1.82, 2.24) is 9.97 Å². The van der Waals surface area contributed by atoms with Gasteiger partial charge >= 0.3 is 11.9 Å². The van der Waals surface area contributed by atoms with Gasteiger partial charge in [-0.15, -0.1) is 0 Å². The molecule has 5 rings (SSSR count). The van der Waals surface area contributed by atoms with Gasteiger partial charge in [0.25, 0.3) is 0 Å². The van der Waals surface area contributed by atoms with Gasteiger partial charge < -0.3 is 20.2 Å². The van der Waals surface area contributed by atoms with E-state index in [0.717, 1.165) is 102 Å². The molecule has 2 heterocycles. The molecule has 0 saturated carbocycles. The van der Waals surface area contributed by atoms with E-state index in [1.54, 1.807) is 0 Å². The van der Waals surface area contributed by atoms with Crippen molar-refractivity contribution >= 4 is 11.9 Å². The number of H-pyrrole nitrogens is 2. The molecule has 0 spiro atoms. The lowest BCUT2D eigenvalue weighted by Gasteiger charge is -2.25. The van der Waals surface area contributed by atoms with Gasteiger partial charge in [-0.3, -0.25) is 0 Å². The SMILES string of the molecule is Cc1cccc(C)c1C(c1[nH]c(C(=O)O)c2c1CCCC2)c1[nH]c(C(=O)O)c2c1CCCC2. The van der Waals surface area contributed by atoms with Gasteiger partial charge in [0.2, 0.25) is 0 Å². The number of carboxylic acid groups (broad SMARTS) is 2. The van der Waals surface area contributed by atoms with E-state index in [4.69, 9.17) is 0 Å². The predicted molar refractivity (Wildman–Crippen MR) is 126 cm³/mol. The molecule has 4 N–H and O–H groups in total. The molecule has 0 saturated heterocycles. The Morgan fingerprint density at radius 2 is 1.12 bits per heavy atom. The highest BCUT2D eigenvalue weighted by Crippen LogP contribution is 2.43. The van der Waals surface area contributed by atoms with Gasteiger partial charge in [0.1, 0.15) is 11.4 Å². The van der Waals surface area contributed by atoms with E-state index in [1.807, 2.05) is 6.07 Å². The van der Waals surface area contributed by atoms with Gasteiger partial charge in [-0.05, 0) is 104 Å². The fourth-order valence-electron chi connectivity index (χ4n) is 6.10. The highest BCUT2D eigenvalue weighted by atomic mass is 16.4. The Kier molecular flexibility index (Phi) is 5.39. The first-order chi connectivity index (χ1) is 15.9. The summed E-state index contributed by atoms with van der Waals surface area (Å²) in [4.78, 5) is 30.9. The largest absolute Gasteiger partial charge is 0.477 e. The van der Waals surface area contributed by atoms with Crippen molar-refractivity contribution in [1.29, 1.82) is 0 Å². The lowest BCUT2D eigenvalue weighted by Crippen LogP contribution is -2.14. The number of aryl methyl sites for hydroxylation is 2. The molecule has 0 radical (unpaired) electrons. The molecular weight excluding hydrogens is 416 g/mol. The van der Waals surface area contributed by atoms with Crippen molar-refractivity contribution in [3.8, 4) is 0 Å². The third-order valence-electron chi connectivity index (χ3n) is 7.54. The molecule has 6 nitrogen and oxygen atoms in total. The Morgan fingerprint density at radius 1 is 0.727 bits per heavy atom. The van der Waals surface area contributed by atoms with Crippen LogP contribution >= 0.6 is 0 Å². The second-order valence-corrected chi connectivity index (χ2v) is 9.50. The Bertz CT molecular complexity index is 1170. The van der Waals surface area contributed by atoms with Crippen LogP contribution in [0.4, 0.5) is 0 Å². The summed E-state index contributed by atoms with van der Waals surface area (Å²) in [6.07, 6.45) is 7.22. The number of hydrogen-bond donors (Lipinski definition) is 4. The van der Waals surface area contributed by atoms with Crippen LogP contribution < -0.4 is 0 Å². The van der Waals surface area contributed by atoms with Crippen LogP contribution in [0.2, 0.25) is 0 Å². The average molecular weight is 447 g/mol. The lowest BCUT2D eigenvalue weighted by atomic mass is 9.79. The Morgan fingerprint density at radius 3 is 1.52 bits per heavy atom. The molecule has 33 heavy (non-hydrogen) atoms. The normalized spacial score (nSPS) is 15.4. The maximum Gasteiger partial charge on any atom is 0.352 e. The van der Waals surface area contributed by atoms with Gasteiger partial charge in [0, 0.05) is 11.4 Å². The monoisotopic (exact) mass is 446 g/mol. The van der Waals surface area contributed by atoms with Crippen LogP contribution in [0.25, 0.3) is 0 Å². The van der Waals surface area contributed by atoms with E-state index >= 15 is 0 Å². The van der Waals surface area contributed by atoms with Crippen molar-refractivity contribution in [2.24, 2.45) is 0 Å². The fourth-order valence-corrected chi connectivity index (χ4v) is 6.10. The van der Waals surface area contributed by atoms with Crippen LogP contribution in [-0.4, -0.2) is 32.1 Å². The van der Waals surface area contributed by atoms with Gasteiger partial charge in [-0.2, -0.15) is 0 Å². The van der Waals surface area contributed by atoms with Crippen molar-refractivity contribution in [3.63, 3.8) is 0 Å². The Hall–Kier alpha value is -3.28. The molecule has 2 aliphatic carbocycles. The molecule has 2 aliphatic rings. The minimum absolute atomic E-state index is 0.258. The molecule has 6 heteroatoms. The van der Waals surface area contributed by atoms with Crippen molar-refractivity contribution in [2.75, 3.05) is 0 Å². The molecule has 2 aromatic heterocycles. The molecule has 1 aromatic carbocycles. The van der Waals surface area contributed by atoms with Crippen molar-refractivity contribution < 1.29 is 19.8 Å². The summed E-state index contributed by atoms with van der Waals surface area (Å²) in [7, 11) is 0. The number of aromatic carboxylic acids is 2. The summed E-state index contributed by atoms with van der Waals surface area (Å²) in [5, 5.41) is 19.9. The fraction of sp³-hybridized carbons (Fsp3) is 0.407. The second kappa shape index (κ2) is 8.25. The smallest absolute Gasteiger partial charge is 0.352 e. The predicted octanol–water partition coefficient (Wildman–Crippen LogP) is 5.29. The maximum absolute atomic E-state index is 12.1. The summed E-state index contributed by atoms with van der Waals surface area (Å²) in [5.74, 6) is -2.12. The number of aromatic amines is 2. The number of hydrogen-bond acceptors (Lipinski definition) is 2. The lowest BCUT2D eigenvalue weighted by molar-refractivity contribution is 0.0679. The van der Waals surface area contributed by atoms with Crippen LogP contribution in [-0.2, 0) is 25.7 Å². The van der Waals surface area contributed by atoms with Gasteiger partial charge in [-0.1, -0.05) is 18.2 Å². The second-order valence-electron chi connectivity index (χ2n) is 9.50. The summed E-state index contributed by atoms with van der Waals surface area (Å²) >= 11 is 0. The van der Waals surface area contributed by atoms with Crippen LogP contribution in [0, 0.1) is 13.8 Å². The molecular formula is C27H30N2O4. The number of nitrogens with one attached hydrogen (secondary N) is 2. The molecule has 0 amide bonds.